The molecule has 2 aliphatic rings. The Hall–Kier alpha value is -3.24. The summed E-state index contributed by atoms with van der Waals surface area (Å²) < 4.78 is 5.75. The Balaban J connectivity index is 1.29. The topological polar surface area (TPSA) is 85.7 Å². The molecule has 8 heteroatoms. The highest BCUT2D eigenvalue weighted by Gasteiger charge is 2.47. The molecule has 160 valence electrons. The van der Waals surface area contributed by atoms with Crippen LogP contribution in [0.3, 0.4) is 0 Å². The summed E-state index contributed by atoms with van der Waals surface area (Å²) in [6.07, 6.45) is 0.854. The number of benzene rings is 2. The minimum absolute atomic E-state index is 0.126. The molecule has 0 atom stereocenters. The highest BCUT2D eigenvalue weighted by molar-refractivity contribution is 6.30. The van der Waals surface area contributed by atoms with Gasteiger partial charge in [-0.25, -0.2) is 9.59 Å². The number of piperidine rings is 1. The van der Waals surface area contributed by atoms with Crippen LogP contribution in [-0.4, -0.2) is 47.2 Å². The molecule has 1 spiro atoms. The molecule has 2 aliphatic heterocycles. The molecule has 7 nitrogen and oxygen atoms in total. The SMILES string of the molecule is N#Cc1cccc(CN2CC3(CCN(C(=O)NCc4ccc(Cl)cc4)CC3)OC2=O)c1. The van der Waals surface area contributed by atoms with Crippen LogP contribution in [0, 0.1) is 11.3 Å². The van der Waals surface area contributed by atoms with Crippen LogP contribution in [0.5, 0.6) is 0 Å². The number of carbonyl (C=O) groups excluding carboxylic acids is 2. The number of ether oxygens (including phenoxy) is 1. The van der Waals surface area contributed by atoms with Gasteiger partial charge in [-0.2, -0.15) is 5.26 Å². The second kappa shape index (κ2) is 8.86. The minimum atomic E-state index is -0.559. The van der Waals surface area contributed by atoms with E-state index in [1.165, 1.54) is 0 Å². The smallest absolute Gasteiger partial charge is 0.410 e. The van der Waals surface area contributed by atoms with Gasteiger partial charge in [0.2, 0.25) is 0 Å². The normalized spacial score (nSPS) is 17.4. The first-order chi connectivity index (χ1) is 15.0. The molecule has 2 fully saturated rings. The van der Waals surface area contributed by atoms with Gasteiger partial charge in [0.1, 0.15) is 5.60 Å². The number of amides is 3. The lowest BCUT2D eigenvalue weighted by molar-refractivity contribution is 0.00960. The lowest BCUT2D eigenvalue weighted by atomic mass is 9.91. The van der Waals surface area contributed by atoms with E-state index >= 15 is 0 Å². The summed E-state index contributed by atoms with van der Waals surface area (Å²) in [5.41, 5.74) is 1.88. The number of likely N-dealkylation sites (tertiary alicyclic amines) is 1. The van der Waals surface area contributed by atoms with Crippen LogP contribution < -0.4 is 5.32 Å². The third-order valence-electron chi connectivity index (χ3n) is 5.79. The molecule has 2 saturated heterocycles. The molecule has 0 aliphatic carbocycles. The van der Waals surface area contributed by atoms with Gasteiger partial charge in [0, 0.05) is 44.0 Å². The molecule has 2 aromatic carbocycles. The third-order valence-corrected chi connectivity index (χ3v) is 6.04. The van der Waals surface area contributed by atoms with Gasteiger partial charge in [-0.15, -0.1) is 0 Å². The molecule has 4 rings (SSSR count). The maximum Gasteiger partial charge on any atom is 0.410 e. The second-order valence-electron chi connectivity index (χ2n) is 7.99. The Bertz CT molecular complexity index is 1010. The number of nitrogens with zero attached hydrogens (tertiary/aromatic N) is 3. The lowest BCUT2D eigenvalue weighted by Crippen LogP contribution is -2.51. The fourth-order valence-corrected chi connectivity index (χ4v) is 4.17. The quantitative estimate of drug-likeness (QED) is 0.784. The van der Waals surface area contributed by atoms with E-state index in [9.17, 15) is 9.59 Å². The van der Waals surface area contributed by atoms with Crippen molar-refractivity contribution in [1.82, 2.24) is 15.1 Å². The first-order valence-corrected chi connectivity index (χ1v) is 10.6. The zero-order valence-corrected chi connectivity index (χ0v) is 17.8. The van der Waals surface area contributed by atoms with Crippen LogP contribution in [0.15, 0.2) is 48.5 Å². The van der Waals surface area contributed by atoms with Gasteiger partial charge in [0.05, 0.1) is 18.2 Å². The van der Waals surface area contributed by atoms with Crippen molar-refractivity contribution in [3.63, 3.8) is 0 Å². The zero-order valence-electron chi connectivity index (χ0n) is 17.0. The average molecular weight is 439 g/mol. The fraction of sp³-hybridized carbons (Fsp3) is 0.348. The van der Waals surface area contributed by atoms with E-state index in [2.05, 4.69) is 11.4 Å². The van der Waals surface area contributed by atoms with Crippen molar-refractivity contribution < 1.29 is 14.3 Å². The first kappa shape index (κ1) is 21.0. The van der Waals surface area contributed by atoms with E-state index in [1.54, 1.807) is 34.1 Å². The molecule has 0 aromatic heterocycles. The molecule has 31 heavy (non-hydrogen) atoms. The van der Waals surface area contributed by atoms with Crippen LogP contribution in [0.4, 0.5) is 9.59 Å². The summed E-state index contributed by atoms with van der Waals surface area (Å²) in [6, 6.07) is 16.6. The number of hydrogen-bond donors (Lipinski definition) is 1. The Kier molecular flexibility index (Phi) is 6.01. The summed E-state index contributed by atoms with van der Waals surface area (Å²) in [5, 5.41) is 12.6. The number of halogens is 1. The lowest BCUT2D eigenvalue weighted by Gasteiger charge is -2.37. The van der Waals surface area contributed by atoms with Gasteiger partial charge >= 0.3 is 12.1 Å². The van der Waals surface area contributed by atoms with Crippen molar-refractivity contribution in [2.45, 2.75) is 31.5 Å². The van der Waals surface area contributed by atoms with Crippen LogP contribution >= 0.6 is 11.6 Å². The molecule has 0 radical (unpaired) electrons. The maximum absolute atomic E-state index is 12.5. The highest BCUT2D eigenvalue weighted by atomic mass is 35.5. The third kappa shape index (κ3) is 4.92. The van der Waals surface area contributed by atoms with Gasteiger partial charge < -0.3 is 15.0 Å². The standard InChI is InChI=1S/C23H23ClN4O3/c24-20-6-4-17(5-7-20)14-26-21(29)27-10-8-23(9-11-27)16-28(22(30)31-23)15-19-3-1-2-18(12-19)13-25/h1-7,12H,8-11,14-16H2,(H,26,29). The molecule has 0 bridgehead atoms. The van der Waals surface area contributed by atoms with Crippen LogP contribution in [0.25, 0.3) is 0 Å². The van der Waals surface area contributed by atoms with Gasteiger partial charge in [-0.3, -0.25) is 4.90 Å². The first-order valence-electron chi connectivity index (χ1n) is 10.2. The summed E-state index contributed by atoms with van der Waals surface area (Å²) >= 11 is 5.89. The summed E-state index contributed by atoms with van der Waals surface area (Å²) in [4.78, 5) is 28.4. The number of hydrogen-bond acceptors (Lipinski definition) is 4. The van der Waals surface area contributed by atoms with Crippen molar-refractivity contribution in [3.05, 3.63) is 70.2 Å². The van der Waals surface area contributed by atoms with Crippen LogP contribution in [0.2, 0.25) is 5.02 Å². The molecule has 2 heterocycles. The Morgan fingerprint density at radius 3 is 2.61 bits per heavy atom. The summed E-state index contributed by atoms with van der Waals surface area (Å²) in [5.74, 6) is 0. The van der Waals surface area contributed by atoms with Gasteiger partial charge in [0.15, 0.2) is 0 Å². The van der Waals surface area contributed by atoms with Crippen LogP contribution in [-0.2, 0) is 17.8 Å². The number of nitriles is 1. The van der Waals surface area contributed by atoms with E-state index in [0.717, 1.165) is 11.1 Å². The molecule has 0 saturated carbocycles. The fourth-order valence-electron chi connectivity index (χ4n) is 4.04. The van der Waals surface area contributed by atoms with E-state index in [4.69, 9.17) is 21.6 Å². The van der Waals surface area contributed by atoms with E-state index in [-0.39, 0.29) is 12.1 Å². The maximum atomic E-state index is 12.5. The minimum Gasteiger partial charge on any atom is -0.441 e. The van der Waals surface area contributed by atoms with Crippen LogP contribution in [0.1, 0.15) is 29.5 Å². The number of nitrogens with one attached hydrogen (secondary N) is 1. The van der Waals surface area contributed by atoms with E-state index in [1.807, 2.05) is 24.3 Å². The van der Waals surface area contributed by atoms with Gasteiger partial charge in [0.25, 0.3) is 0 Å². The van der Waals surface area contributed by atoms with Crippen molar-refractivity contribution in [1.29, 1.82) is 5.26 Å². The predicted molar refractivity (Wildman–Crippen MR) is 115 cm³/mol. The van der Waals surface area contributed by atoms with E-state index < -0.39 is 5.60 Å². The monoisotopic (exact) mass is 438 g/mol. The molecular formula is C23H23ClN4O3. The van der Waals surface area contributed by atoms with Crippen molar-refractivity contribution >= 4 is 23.7 Å². The molecular weight excluding hydrogens is 416 g/mol. The number of rotatable bonds is 4. The Labute approximate surface area is 186 Å². The molecule has 0 unspecified atom stereocenters. The van der Waals surface area contributed by atoms with Gasteiger partial charge in [-0.1, -0.05) is 35.9 Å². The van der Waals surface area contributed by atoms with Crippen molar-refractivity contribution in [2.75, 3.05) is 19.6 Å². The average Bonchev–Trinajstić information content (AvgIpc) is 3.08. The van der Waals surface area contributed by atoms with Gasteiger partial charge in [-0.05, 0) is 35.4 Å². The Morgan fingerprint density at radius 2 is 1.90 bits per heavy atom. The van der Waals surface area contributed by atoms with E-state index in [0.29, 0.717) is 56.2 Å². The summed E-state index contributed by atoms with van der Waals surface area (Å²) in [7, 11) is 0. The zero-order chi connectivity index (χ0) is 21.8. The molecule has 3 amide bonds. The number of carbonyl (C=O) groups is 2. The molecule has 1 N–H and O–H groups in total. The summed E-state index contributed by atoms with van der Waals surface area (Å²) in [6.45, 7) is 2.38. The largest absolute Gasteiger partial charge is 0.441 e. The van der Waals surface area contributed by atoms with Crippen molar-refractivity contribution in [2.24, 2.45) is 0 Å². The Morgan fingerprint density at radius 1 is 1.16 bits per heavy atom. The molecule has 2 aromatic rings. The number of urea groups is 1. The predicted octanol–water partition coefficient (Wildman–Crippen LogP) is 3.91. The second-order valence-corrected chi connectivity index (χ2v) is 8.43. The van der Waals surface area contributed by atoms with Crippen molar-refractivity contribution in [3.8, 4) is 6.07 Å². The highest BCUT2D eigenvalue weighted by Crippen LogP contribution is 2.34.